The molecule has 0 unspecified atom stereocenters. The zero-order valence-electron chi connectivity index (χ0n) is 11.0. The second kappa shape index (κ2) is 4.89. The van der Waals surface area contributed by atoms with Gasteiger partial charge in [-0.15, -0.1) is 11.3 Å². The number of benzene rings is 1. The van der Waals surface area contributed by atoms with Crippen molar-refractivity contribution in [2.24, 2.45) is 5.92 Å². The maximum absolute atomic E-state index is 6.20. The molecule has 0 aliphatic carbocycles. The molecule has 4 heterocycles. The fraction of sp³-hybridized carbons (Fsp3) is 0.500. The highest BCUT2D eigenvalue weighted by molar-refractivity contribution is 7.19. The molecule has 3 fully saturated rings. The molecule has 5 rings (SSSR count). The Morgan fingerprint density at radius 2 is 2.05 bits per heavy atom. The van der Waals surface area contributed by atoms with Crippen LogP contribution in [-0.2, 0) is 11.3 Å². The number of thiophene rings is 1. The molecule has 3 aliphatic rings. The summed E-state index contributed by atoms with van der Waals surface area (Å²) in [5.74, 6) is 0.805. The van der Waals surface area contributed by atoms with Gasteiger partial charge in [0.25, 0.3) is 0 Å². The van der Waals surface area contributed by atoms with Crippen LogP contribution in [-0.4, -0.2) is 30.6 Å². The van der Waals surface area contributed by atoms with Crippen LogP contribution in [0.25, 0.3) is 10.1 Å². The predicted molar refractivity (Wildman–Crippen MR) is 79.6 cm³/mol. The van der Waals surface area contributed by atoms with Crippen molar-refractivity contribution >= 4 is 21.4 Å². The van der Waals surface area contributed by atoms with Crippen LogP contribution in [0.3, 0.4) is 0 Å². The molecule has 0 N–H and O–H groups in total. The molecular formula is C16H19NOS. The number of piperidine rings is 3. The molecule has 0 radical (unpaired) electrons. The number of rotatable bonds is 3. The Bertz CT molecular complexity index is 538. The van der Waals surface area contributed by atoms with E-state index in [1.165, 1.54) is 40.9 Å². The fourth-order valence-corrected chi connectivity index (χ4v) is 4.38. The number of fused-ring (bicyclic) bond motifs is 4. The Hall–Kier alpha value is -0.900. The van der Waals surface area contributed by atoms with Gasteiger partial charge in [0.2, 0.25) is 0 Å². The van der Waals surface area contributed by atoms with Crippen molar-refractivity contribution in [1.82, 2.24) is 4.90 Å². The van der Waals surface area contributed by atoms with Gasteiger partial charge in [0.15, 0.2) is 0 Å². The smallest absolute Gasteiger partial charge is 0.0814 e. The van der Waals surface area contributed by atoms with E-state index in [-0.39, 0.29) is 0 Å². The summed E-state index contributed by atoms with van der Waals surface area (Å²) in [6.45, 7) is 4.50. The second-order valence-corrected chi connectivity index (χ2v) is 6.91. The van der Waals surface area contributed by atoms with Crippen LogP contribution < -0.4 is 0 Å². The van der Waals surface area contributed by atoms with Crippen molar-refractivity contribution in [2.45, 2.75) is 25.6 Å². The minimum atomic E-state index is 0.465. The lowest BCUT2D eigenvalue weighted by Crippen LogP contribution is -2.51. The van der Waals surface area contributed by atoms with E-state index in [0.717, 1.165) is 19.1 Å². The molecular weight excluding hydrogens is 254 g/mol. The van der Waals surface area contributed by atoms with Gasteiger partial charge >= 0.3 is 0 Å². The van der Waals surface area contributed by atoms with Gasteiger partial charge in [-0.25, -0.2) is 0 Å². The Morgan fingerprint density at radius 1 is 1.21 bits per heavy atom. The molecule has 2 bridgehead atoms. The summed E-state index contributed by atoms with van der Waals surface area (Å²) in [5.41, 5.74) is 0. The third kappa shape index (κ3) is 2.31. The van der Waals surface area contributed by atoms with E-state index in [1.54, 1.807) is 0 Å². The van der Waals surface area contributed by atoms with E-state index >= 15 is 0 Å². The maximum Gasteiger partial charge on any atom is 0.0814 e. The van der Waals surface area contributed by atoms with Gasteiger partial charge in [0.05, 0.1) is 12.7 Å². The minimum absolute atomic E-state index is 0.465. The van der Waals surface area contributed by atoms with E-state index in [0.29, 0.717) is 6.10 Å². The van der Waals surface area contributed by atoms with Crippen molar-refractivity contribution in [3.8, 4) is 0 Å². The van der Waals surface area contributed by atoms with Crippen molar-refractivity contribution in [1.29, 1.82) is 0 Å². The fourth-order valence-electron chi connectivity index (χ4n) is 3.40. The van der Waals surface area contributed by atoms with Gasteiger partial charge in [-0.1, -0.05) is 18.2 Å². The molecule has 0 saturated carbocycles. The quantitative estimate of drug-likeness (QED) is 0.848. The van der Waals surface area contributed by atoms with Crippen molar-refractivity contribution in [3.63, 3.8) is 0 Å². The van der Waals surface area contributed by atoms with Crippen LogP contribution in [0.2, 0.25) is 0 Å². The highest BCUT2D eigenvalue weighted by atomic mass is 32.1. The molecule has 0 spiro atoms. The lowest BCUT2D eigenvalue weighted by molar-refractivity contribution is -0.0758. The molecule has 1 atom stereocenters. The van der Waals surface area contributed by atoms with Gasteiger partial charge in [0, 0.05) is 16.1 Å². The van der Waals surface area contributed by atoms with Crippen LogP contribution >= 0.6 is 11.3 Å². The van der Waals surface area contributed by atoms with E-state index in [1.807, 2.05) is 11.3 Å². The molecule has 2 nitrogen and oxygen atoms in total. The van der Waals surface area contributed by atoms with Crippen LogP contribution in [0, 0.1) is 5.92 Å². The number of nitrogens with zero attached hydrogens (tertiary/aromatic N) is 1. The van der Waals surface area contributed by atoms with Crippen molar-refractivity contribution in [2.75, 3.05) is 19.6 Å². The summed E-state index contributed by atoms with van der Waals surface area (Å²) in [4.78, 5) is 3.91. The number of hydrogen-bond acceptors (Lipinski definition) is 3. The van der Waals surface area contributed by atoms with E-state index < -0.39 is 0 Å². The summed E-state index contributed by atoms with van der Waals surface area (Å²) < 4.78 is 7.57. The van der Waals surface area contributed by atoms with Crippen molar-refractivity contribution in [3.05, 3.63) is 35.2 Å². The first-order chi connectivity index (χ1) is 9.38. The molecule has 3 aliphatic heterocycles. The summed E-state index contributed by atoms with van der Waals surface area (Å²) in [5, 5.41) is 1.35. The second-order valence-electron chi connectivity index (χ2n) is 5.74. The Balaban J connectivity index is 1.44. The summed E-state index contributed by atoms with van der Waals surface area (Å²) >= 11 is 1.87. The molecule has 3 heteroatoms. The van der Waals surface area contributed by atoms with E-state index in [4.69, 9.17) is 4.74 Å². The zero-order chi connectivity index (χ0) is 12.7. The summed E-state index contributed by atoms with van der Waals surface area (Å²) in [7, 11) is 0. The third-order valence-corrected chi connectivity index (χ3v) is 5.60. The molecule has 100 valence electrons. The minimum Gasteiger partial charge on any atom is -0.371 e. The third-order valence-electron chi connectivity index (χ3n) is 4.51. The first-order valence-corrected chi connectivity index (χ1v) is 8.01. The van der Waals surface area contributed by atoms with E-state index in [9.17, 15) is 0 Å². The highest BCUT2D eigenvalue weighted by Crippen LogP contribution is 2.31. The molecule has 1 aromatic heterocycles. The highest BCUT2D eigenvalue weighted by Gasteiger charge is 2.34. The van der Waals surface area contributed by atoms with Crippen LogP contribution in [0.15, 0.2) is 30.3 Å². The van der Waals surface area contributed by atoms with Gasteiger partial charge in [0.1, 0.15) is 0 Å². The predicted octanol–water partition coefficient (Wildman–Crippen LogP) is 3.51. The molecule has 19 heavy (non-hydrogen) atoms. The molecule has 3 saturated heterocycles. The first-order valence-electron chi connectivity index (χ1n) is 7.20. The zero-order valence-corrected chi connectivity index (χ0v) is 11.9. The molecule has 1 aromatic carbocycles. The lowest BCUT2D eigenvalue weighted by Gasteiger charge is -2.44. The number of ether oxygens (including phenoxy) is 1. The molecule has 2 aromatic rings. The largest absolute Gasteiger partial charge is 0.371 e. The van der Waals surface area contributed by atoms with Crippen molar-refractivity contribution < 1.29 is 4.74 Å². The van der Waals surface area contributed by atoms with Gasteiger partial charge < -0.3 is 9.64 Å². The standard InChI is InChI=1S/C16H19NOS/c1-2-4-16-13(3-1)9-14(19-16)11-18-15-10-17-7-5-12(15)6-8-17/h1-4,9,12,15H,5-8,10-11H2/t15-/m0/s1. The normalized spacial score (nSPS) is 30.0. The Kier molecular flexibility index (Phi) is 3.06. The summed E-state index contributed by atoms with van der Waals surface area (Å²) in [6, 6.07) is 10.9. The lowest BCUT2D eigenvalue weighted by atomic mass is 9.86. The van der Waals surface area contributed by atoms with Crippen LogP contribution in [0.5, 0.6) is 0 Å². The summed E-state index contributed by atoms with van der Waals surface area (Å²) in [6.07, 6.45) is 3.13. The SMILES string of the molecule is c1ccc2sc(CO[C@H]3CN4CCC3CC4)cc2c1. The topological polar surface area (TPSA) is 12.5 Å². The van der Waals surface area contributed by atoms with Gasteiger partial charge in [-0.05, 0) is 49.4 Å². The Labute approximate surface area is 118 Å². The average Bonchev–Trinajstić information content (AvgIpc) is 2.89. The Morgan fingerprint density at radius 3 is 2.79 bits per heavy atom. The van der Waals surface area contributed by atoms with E-state index in [2.05, 4.69) is 35.2 Å². The maximum atomic E-state index is 6.20. The van der Waals surface area contributed by atoms with Gasteiger partial charge in [-0.2, -0.15) is 0 Å². The molecule has 0 amide bonds. The number of hydrogen-bond donors (Lipinski definition) is 0. The van der Waals surface area contributed by atoms with Crippen LogP contribution in [0.4, 0.5) is 0 Å². The monoisotopic (exact) mass is 273 g/mol. The van der Waals surface area contributed by atoms with Gasteiger partial charge in [-0.3, -0.25) is 0 Å². The average molecular weight is 273 g/mol. The van der Waals surface area contributed by atoms with Crippen LogP contribution in [0.1, 0.15) is 17.7 Å². The first kappa shape index (κ1) is 11.9.